The third kappa shape index (κ3) is 4.04. The third-order valence-corrected chi connectivity index (χ3v) is 9.15. The van der Waals surface area contributed by atoms with E-state index in [-0.39, 0.29) is 34.8 Å². The highest BCUT2D eigenvalue weighted by atomic mass is 35.5. The van der Waals surface area contributed by atoms with Crippen molar-refractivity contribution in [3.63, 3.8) is 0 Å². The molecule has 0 unspecified atom stereocenters. The number of carbonyl (C=O) groups is 3. The maximum absolute atomic E-state index is 14.1. The number of nitrogens with two attached hydrogens (primary N) is 1. The molecule has 1 amide bonds. The number of nitrogens with zero attached hydrogens (tertiary/aromatic N) is 2. The Balaban J connectivity index is 1.78. The van der Waals surface area contributed by atoms with Crippen molar-refractivity contribution in [2.45, 2.75) is 24.5 Å². The lowest BCUT2D eigenvalue weighted by atomic mass is 9.57. The molecule has 1 saturated carbocycles. The molecule has 41 heavy (non-hydrogen) atoms. The summed E-state index contributed by atoms with van der Waals surface area (Å²) in [7, 11) is 6.70. The van der Waals surface area contributed by atoms with Crippen molar-refractivity contribution < 1.29 is 34.8 Å². The number of aliphatic hydroxyl groups is 3. The van der Waals surface area contributed by atoms with Crippen LogP contribution in [0.25, 0.3) is 16.9 Å². The second-order valence-electron chi connectivity index (χ2n) is 11.1. The average Bonchev–Trinajstić information content (AvgIpc) is 2.87. The van der Waals surface area contributed by atoms with E-state index < -0.39 is 58.0 Å². The molecule has 12 heteroatoms. The summed E-state index contributed by atoms with van der Waals surface area (Å²) >= 11 is 12.3. The summed E-state index contributed by atoms with van der Waals surface area (Å²) in [5.74, 6) is -6.98. The van der Waals surface area contributed by atoms with E-state index in [1.54, 1.807) is 57.4 Å². The molecule has 3 aliphatic rings. The molecule has 2 aromatic carbocycles. The van der Waals surface area contributed by atoms with Crippen LogP contribution < -0.4 is 10.6 Å². The van der Waals surface area contributed by atoms with Crippen LogP contribution in [0.15, 0.2) is 41.2 Å². The number of rotatable bonds is 4. The molecule has 1 fully saturated rings. The molecule has 0 radical (unpaired) electrons. The summed E-state index contributed by atoms with van der Waals surface area (Å²) in [4.78, 5) is 42.8. The second-order valence-corrected chi connectivity index (χ2v) is 11.9. The lowest BCUT2D eigenvalue weighted by Gasteiger charge is -2.50. The molecule has 5 rings (SSSR count). The van der Waals surface area contributed by atoms with Crippen LogP contribution in [0.1, 0.15) is 17.5 Å². The predicted molar refractivity (Wildman–Crippen MR) is 154 cm³/mol. The summed E-state index contributed by atoms with van der Waals surface area (Å²) < 4.78 is 0. The first-order chi connectivity index (χ1) is 19.1. The maximum Gasteiger partial charge on any atom is 0.255 e. The van der Waals surface area contributed by atoms with Crippen LogP contribution >= 0.6 is 23.2 Å². The van der Waals surface area contributed by atoms with Gasteiger partial charge in [-0.3, -0.25) is 19.3 Å². The number of fused-ring (bicyclic) bond motifs is 3. The number of amides is 1. The molecule has 0 saturated heterocycles. The summed E-state index contributed by atoms with van der Waals surface area (Å²) in [6, 6.07) is 5.38. The van der Waals surface area contributed by atoms with Crippen molar-refractivity contribution in [3.05, 3.63) is 62.3 Å². The van der Waals surface area contributed by atoms with Crippen molar-refractivity contribution in [3.8, 4) is 16.9 Å². The minimum atomic E-state index is -2.70. The molecule has 0 aliphatic heterocycles. The predicted octanol–water partition coefficient (Wildman–Crippen LogP) is 3.00. The van der Waals surface area contributed by atoms with Gasteiger partial charge in [-0.25, -0.2) is 0 Å². The molecule has 0 spiro atoms. The van der Waals surface area contributed by atoms with Gasteiger partial charge in [0.15, 0.2) is 11.4 Å². The lowest BCUT2D eigenvalue weighted by Crippen LogP contribution is -2.65. The van der Waals surface area contributed by atoms with Gasteiger partial charge in [0, 0.05) is 36.8 Å². The Kier molecular flexibility index (Phi) is 6.89. The molecular weight excluding hydrogens is 573 g/mol. The van der Waals surface area contributed by atoms with Gasteiger partial charge in [-0.2, -0.15) is 0 Å². The van der Waals surface area contributed by atoms with Gasteiger partial charge < -0.3 is 31.1 Å². The second kappa shape index (κ2) is 9.77. The molecule has 0 aromatic heterocycles. The Morgan fingerprint density at radius 1 is 1.05 bits per heavy atom. The number of carbonyl (C=O) groups excluding carboxylic acids is 3. The van der Waals surface area contributed by atoms with Crippen LogP contribution in [0.3, 0.4) is 0 Å². The van der Waals surface area contributed by atoms with E-state index in [4.69, 9.17) is 28.9 Å². The molecule has 216 valence electrons. The van der Waals surface area contributed by atoms with Crippen molar-refractivity contribution in [1.82, 2.24) is 4.90 Å². The van der Waals surface area contributed by atoms with Gasteiger partial charge >= 0.3 is 0 Å². The van der Waals surface area contributed by atoms with E-state index in [0.717, 1.165) is 0 Å². The number of hydrogen-bond donors (Lipinski definition) is 5. The van der Waals surface area contributed by atoms with Gasteiger partial charge in [-0.05, 0) is 62.2 Å². The van der Waals surface area contributed by atoms with E-state index >= 15 is 0 Å². The number of anilines is 1. The largest absolute Gasteiger partial charge is 0.508 e. The fourth-order valence-electron chi connectivity index (χ4n) is 6.57. The highest BCUT2D eigenvalue weighted by molar-refractivity contribution is 6.42. The molecule has 3 aliphatic carbocycles. The highest BCUT2D eigenvalue weighted by Crippen LogP contribution is 2.55. The Bertz CT molecular complexity index is 1610. The third-order valence-electron chi connectivity index (χ3n) is 8.41. The first-order valence-electron chi connectivity index (χ1n) is 12.8. The molecule has 4 atom stereocenters. The fraction of sp³-hybridized carbons (Fsp3) is 0.345. The fourth-order valence-corrected chi connectivity index (χ4v) is 6.87. The monoisotopic (exact) mass is 601 g/mol. The van der Waals surface area contributed by atoms with E-state index in [9.17, 15) is 34.8 Å². The SMILES string of the molecule is CN(C)c1cc(-c2ccc(Cl)c(Cl)c2)c(O)c2c1C[C@@H]1C[C@@H]3[C@@H](N(C)C)C(=O)C(C(N)=O)=C(O)[C@]3(O)C(=O)C1=C2O. The molecule has 6 N–H and O–H groups in total. The summed E-state index contributed by atoms with van der Waals surface area (Å²) in [6.07, 6.45) is 0.186. The highest BCUT2D eigenvalue weighted by Gasteiger charge is 2.64. The zero-order valence-electron chi connectivity index (χ0n) is 22.7. The summed E-state index contributed by atoms with van der Waals surface area (Å²) in [6.45, 7) is 0. The number of benzene rings is 2. The van der Waals surface area contributed by atoms with Gasteiger partial charge in [0.25, 0.3) is 5.91 Å². The number of Topliss-reactive ketones (excluding diaryl/α,β-unsaturated/α-hetero) is 2. The molecule has 10 nitrogen and oxygen atoms in total. The van der Waals surface area contributed by atoms with Crippen LogP contribution in [0.2, 0.25) is 10.0 Å². The van der Waals surface area contributed by atoms with E-state index in [2.05, 4.69) is 0 Å². The number of primary amides is 1. The molecule has 0 heterocycles. The van der Waals surface area contributed by atoms with Gasteiger partial charge in [0.2, 0.25) is 5.78 Å². The van der Waals surface area contributed by atoms with Crippen LogP contribution in [0.4, 0.5) is 5.69 Å². The van der Waals surface area contributed by atoms with Gasteiger partial charge in [-0.1, -0.05) is 29.3 Å². The lowest BCUT2D eigenvalue weighted by molar-refractivity contribution is -0.153. The first-order valence-corrected chi connectivity index (χ1v) is 13.5. The Morgan fingerprint density at radius 3 is 2.27 bits per heavy atom. The zero-order chi connectivity index (χ0) is 30.3. The van der Waals surface area contributed by atoms with Crippen molar-refractivity contribution in [2.24, 2.45) is 17.6 Å². The quantitative estimate of drug-likeness (QED) is 0.331. The smallest absolute Gasteiger partial charge is 0.255 e. The number of aliphatic hydroxyl groups excluding tert-OH is 2. The van der Waals surface area contributed by atoms with Crippen LogP contribution in [-0.4, -0.2) is 82.6 Å². The number of likely N-dealkylation sites (N-methyl/N-ethyl adjacent to an activating group) is 1. The maximum atomic E-state index is 14.1. The Labute approximate surface area is 245 Å². The normalized spacial score (nSPS) is 25.7. The number of hydrogen-bond acceptors (Lipinski definition) is 9. The number of halogens is 2. The number of phenolic OH excluding ortho intramolecular Hbond substituents is 1. The summed E-state index contributed by atoms with van der Waals surface area (Å²) in [5.41, 5.74) is 3.62. The van der Waals surface area contributed by atoms with Crippen molar-refractivity contribution in [1.29, 1.82) is 0 Å². The van der Waals surface area contributed by atoms with Crippen LogP contribution in [-0.2, 0) is 20.8 Å². The van der Waals surface area contributed by atoms with Gasteiger partial charge in [0.1, 0.15) is 22.8 Å². The number of ketones is 2. The van der Waals surface area contributed by atoms with E-state index in [1.807, 2.05) is 0 Å². The number of aromatic hydroxyl groups is 1. The Hall–Kier alpha value is -3.57. The minimum absolute atomic E-state index is 0.00596. The molecule has 0 bridgehead atoms. The van der Waals surface area contributed by atoms with E-state index in [1.165, 1.54) is 4.90 Å². The zero-order valence-corrected chi connectivity index (χ0v) is 24.2. The van der Waals surface area contributed by atoms with Crippen molar-refractivity contribution in [2.75, 3.05) is 33.1 Å². The Morgan fingerprint density at radius 2 is 1.71 bits per heavy atom. The van der Waals surface area contributed by atoms with Crippen molar-refractivity contribution >= 4 is 52.1 Å². The molecule has 2 aromatic rings. The molecular formula is C29H29Cl2N3O7. The average molecular weight is 602 g/mol. The van der Waals surface area contributed by atoms with Crippen LogP contribution in [0.5, 0.6) is 5.75 Å². The van der Waals surface area contributed by atoms with Gasteiger partial charge in [-0.15, -0.1) is 0 Å². The first kappa shape index (κ1) is 28.9. The topological polar surface area (TPSA) is 165 Å². The number of phenols is 1. The van der Waals surface area contributed by atoms with E-state index in [0.29, 0.717) is 27.4 Å². The standard InChI is InChI=1S/C29H29Cl2N3O7/c1-33(2)18-10-13(11-5-6-16(30)17(31)9-11)23(35)20-14(18)7-12-8-15-22(34(3)4)25(37)21(28(32)40)27(39)29(15,41)26(38)19(12)24(20)36/h5-6,9-10,12,15,22,35-36,39,41H,7-8H2,1-4H3,(H2,32,40)/t12-,15-,22-,29-/m1/s1. The minimum Gasteiger partial charge on any atom is -0.508 e. The van der Waals surface area contributed by atoms with Crippen LogP contribution in [0, 0.1) is 11.8 Å². The summed E-state index contributed by atoms with van der Waals surface area (Å²) in [5, 5.41) is 46.5. The van der Waals surface area contributed by atoms with Gasteiger partial charge in [0.05, 0.1) is 21.7 Å².